The van der Waals surface area contributed by atoms with E-state index in [1.807, 2.05) is 0 Å². The molecule has 2 N–H and O–H groups in total. The van der Waals surface area contributed by atoms with Crippen molar-refractivity contribution in [3.63, 3.8) is 0 Å². The molecule has 4 nitrogen and oxygen atoms in total. The molecule has 0 saturated heterocycles. The lowest BCUT2D eigenvalue weighted by Crippen LogP contribution is -2.13. The average Bonchev–Trinajstić information content (AvgIpc) is 2.32. The lowest BCUT2D eigenvalue weighted by Gasteiger charge is -2.10. The van der Waals surface area contributed by atoms with Crippen molar-refractivity contribution in [3.8, 4) is 5.75 Å². The minimum atomic E-state index is -3.82. The van der Waals surface area contributed by atoms with Gasteiger partial charge in [0.25, 0.3) is 10.0 Å². The number of aromatic hydroxyl groups is 1. The molecule has 20 heavy (non-hydrogen) atoms. The standard InChI is InChI=1S/C13H11Cl2NO3S/c1-8-2-3-11(7-13(8)17)16-20(18,19)12-5-9(14)4-10(15)6-12/h2-7,16-17H,1H3. The number of phenolic OH excluding ortho intramolecular Hbond substituents is 1. The molecule has 2 aromatic carbocycles. The van der Waals surface area contributed by atoms with E-state index in [0.29, 0.717) is 5.56 Å². The number of nitrogens with one attached hydrogen (secondary N) is 1. The van der Waals surface area contributed by atoms with Crippen molar-refractivity contribution in [2.75, 3.05) is 4.72 Å². The summed E-state index contributed by atoms with van der Waals surface area (Å²) in [5.74, 6) is 0.00864. The van der Waals surface area contributed by atoms with Crippen LogP contribution >= 0.6 is 23.2 Å². The van der Waals surface area contributed by atoms with Gasteiger partial charge in [-0.3, -0.25) is 4.72 Å². The molecule has 0 aliphatic carbocycles. The molecular formula is C13H11Cl2NO3S. The molecule has 0 atom stereocenters. The average molecular weight is 332 g/mol. The maximum Gasteiger partial charge on any atom is 0.261 e. The normalized spacial score (nSPS) is 11.3. The number of sulfonamides is 1. The molecule has 0 radical (unpaired) electrons. The van der Waals surface area contributed by atoms with Gasteiger partial charge in [0.1, 0.15) is 5.75 Å². The molecule has 0 heterocycles. The van der Waals surface area contributed by atoms with Gasteiger partial charge in [-0.05, 0) is 36.8 Å². The maximum atomic E-state index is 12.2. The van der Waals surface area contributed by atoms with Gasteiger partial charge in [-0.15, -0.1) is 0 Å². The van der Waals surface area contributed by atoms with Gasteiger partial charge in [0.05, 0.1) is 10.6 Å². The van der Waals surface area contributed by atoms with Gasteiger partial charge < -0.3 is 5.11 Å². The summed E-state index contributed by atoms with van der Waals surface area (Å²) in [5.41, 5.74) is 0.906. The van der Waals surface area contributed by atoms with Gasteiger partial charge in [0, 0.05) is 16.1 Å². The Hall–Kier alpha value is -1.43. The quantitative estimate of drug-likeness (QED) is 0.898. The highest BCUT2D eigenvalue weighted by Gasteiger charge is 2.16. The fourth-order valence-electron chi connectivity index (χ4n) is 1.57. The number of hydrogen-bond donors (Lipinski definition) is 2. The van der Waals surface area contributed by atoms with E-state index in [2.05, 4.69) is 4.72 Å². The van der Waals surface area contributed by atoms with Gasteiger partial charge >= 0.3 is 0 Å². The van der Waals surface area contributed by atoms with Crippen LogP contribution in [0.15, 0.2) is 41.3 Å². The Balaban J connectivity index is 2.37. The molecule has 2 aromatic rings. The minimum Gasteiger partial charge on any atom is -0.508 e. The smallest absolute Gasteiger partial charge is 0.261 e. The minimum absolute atomic E-state index is 0.00864. The van der Waals surface area contributed by atoms with Gasteiger partial charge in [0.2, 0.25) is 0 Å². The van der Waals surface area contributed by atoms with Crippen LogP contribution in [-0.4, -0.2) is 13.5 Å². The highest BCUT2D eigenvalue weighted by molar-refractivity contribution is 7.92. The van der Waals surface area contributed by atoms with Crippen molar-refractivity contribution in [1.29, 1.82) is 0 Å². The van der Waals surface area contributed by atoms with Gasteiger partial charge in [0.15, 0.2) is 0 Å². The first-order valence-electron chi connectivity index (χ1n) is 5.56. The first-order chi connectivity index (χ1) is 9.28. The number of benzene rings is 2. The molecule has 2 rings (SSSR count). The third-order valence-corrected chi connectivity index (χ3v) is 4.40. The molecule has 0 fully saturated rings. The second kappa shape index (κ2) is 5.52. The van der Waals surface area contributed by atoms with Crippen molar-refractivity contribution in [1.82, 2.24) is 0 Å². The molecule has 0 unspecified atom stereocenters. The zero-order valence-electron chi connectivity index (χ0n) is 10.4. The summed E-state index contributed by atoms with van der Waals surface area (Å²) in [5, 5.41) is 10.0. The second-order valence-corrected chi connectivity index (χ2v) is 6.77. The monoisotopic (exact) mass is 331 g/mol. The topological polar surface area (TPSA) is 66.4 Å². The fourth-order valence-corrected chi connectivity index (χ4v) is 3.35. The summed E-state index contributed by atoms with van der Waals surface area (Å²) >= 11 is 11.6. The zero-order valence-corrected chi connectivity index (χ0v) is 12.7. The highest BCUT2D eigenvalue weighted by atomic mass is 35.5. The van der Waals surface area contributed by atoms with Crippen LogP contribution in [0.4, 0.5) is 5.69 Å². The molecule has 0 bridgehead atoms. The third kappa shape index (κ3) is 3.36. The fraction of sp³-hybridized carbons (Fsp3) is 0.0769. The number of aryl methyl sites for hydroxylation is 1. The molecule has 0 aliphatic heterocycles. The van der Waals surface area contributed by atoms with Crippen LogP contribution in [0.5, 0.6) is 5.75 Å². The highest BCUT2D eigenvalue weighted by Crippen LogP contribution is 2.26. The van der Waals surface area contributed by atoms with E-state index >= 15 is 0 Å². The van der Waals surface area contributed by atoms with E-state index < -0.39 is 10.0 Å². The first-order valence-corrected chi connectivity index (χ1v) is 7.80. The van der Waals surface area contributed by atoms with E-state index in [9.17, 15) is 13.5 Å². The van der Waals surface area contributed by atoms with Gasteiger partial charge in [-0.2, -0.15) is 0 Å². The van der Waals surface area contributed by atoms with E-state index in [1.165, 1.54) is 24.3 Å². The number of hydrogen-bond acceptors (Lipinski definition) is 3. The Labute approximate surface area is 127 Å². The van der Waals surface area contributed by atoms with Crippen molar-refractivity contribution < 1.29 is 13.5 Å². The van der Waals surface area contributed by atoms with E-state index in [4.69, 9.17) is 23.2 Å². The van der Waals surface area contributed by atoms with Crippen LogP contribution in [0.2, 0.25) is 10.0 Å². The first kappa shape index (κ1) is 15.0. The molecule has 0 aliphatic rings. The Morgan fingerprint density at radius 3 is 2.20 bits per heavy atom. The molecule has 0 spiro atoms. The molecule has 0 aromatic heterocycles. The number of halogens is 2. The van der Waals surface area contributed by atoms with E-state index in [-0.39, 0.29) is 26.4 Å². The van der Waals surface area contributed by atoms with Crippen molar-refractivity contribution >= 4 is 38.9 Å². The Morgan fingerprint density at radius 1 is 1.05 bits per heavy atom. The van der Waals surface area contributed by atoms with Crippen LogP contribution < -0.4 is 4.72 Å². The predicted octanol–water partition coefficient (Wildman–Crippen LogP) is 3.81. The van der Waals surface area contributed by atoms with Crippen LogP contribution in [0.25, 0.3) is 0 Å². The summed E-state index contributed by atoms with van der Waals surface area (Å²) in [4.78, 5) is -0.0462. The SMILES string of the molecule is Cc1ccc(NS(=O)(=O)c2cc(Cl)cc(Cl)c2)cc1O. The largest absolute Gasteiger partial charge is 0.508 e. The predicted molar refractivity (Wildman–Crippen MR) is 80.1 cm³/mol. The molecule has 7 heteroatoms. The second-order valence-electron chi connectivity index (χ2n) is 4.21. The molecule has 0 saturated carbocycles. The third-order valence-electron chi connectivity index (χ3n) is 2.61. The summed E-state index contributed by atoms with van der Waals surface area (Å²) in [6, 6.07) is 8.53. The van der Waals surface area contributed by atoms with E-state index in [1.54, 1.807) is 19.1 Å². The Kier molecular flexibility index (Phi) is 4.13. The Bertz CT molecular complexity index is 740. The maximum absolute atomic E-state index is 12.2. The van der Waals surface area contributed by atoms with Crippen LogP contribution in [0, 0.1) is 6.92 Å². The lowest BCUT2D eigenvalue weighted by molar-refractivity contribution is 0.471. The molecular weight excluding hydrogens is 321 g/mol. The summed E-state index contributed by atoms with van der Waals surface area (Å²) in [6.07, 6.45) is 0. The Morgan fingerprint density at radius 2 is 1.65 bits per heavy atom. The summed E-state index contributed by atoms with van der Waals surface area (Å²) < 4.78 is 26.7. The van der Waals surface area contributed by atoms with Gasteiger partial charge in [-0.1, -0.05) is 29.3 Å². The number of rotatable bonds is 3. The van der Waals surface area contributed by atoms with Crippen molar-refractivity contribution in [2.24, 2.45) is 0 Å². The van der Waals surface area contributed by atoms with Crippen LogP contribution in [0.1, 0.15) is 5.56 Å². The molecule has 106 valence electrons. The van der Waals surface area contributed by atoms with Crippen LogP contribution in [0.3, 0.4) is 0 Å². The lowest BCUT2D eigenvalue weighted by atomic mass is 10.2. The summed E-state index contributed by atoms with van der Waals surface area (Å²) in [6.45, 7) is 1.71. The molecule has 0 amide bonds. The van der Waals surface area contributed by atoms with Crippen molar-refractivity contribution in [3.05, 3.63) is 52.0 Å². The number of anilines is 1. The van der Waals surface area contributed by atoms with Crippen LogP contribution in [-0.2, 0) is 10.0 Å². The van der Waals surface area contributed by atoms with E-state index in [0.717, 1.165) is 0 Å². The van der Waals surface area contributed by atoms with Gasteiger partial charge in [-0.25, -0.2) is 8.42 Å². The summed E-state index contributed by atoms with van der Waals surface area (Å²) in [7, 11) is -3.82. The number of phenols is 1. The zero-order chi connectivity index (χ0) is 14.9. The van der Waals surface area contributed by atoms with Crippen molar-refractivity contribution in [2.45, 2.75) is 11.8 Å².